The molecule has 0 aromatic heterocycles. The van der Waals surface area contributed by atoms with Gasteiger partial charge < -0.3 is 20.7 Å². The van der Waals surface area contributed by atoms with Crippen LogP contribution in [0.5, 0.6) is 0 Å². The summed E-state index contributed by atoms with van der Waals surface area (Å²) < 4.78 is 0. The Morgan fingerprint density at radius 2 is 1.87 bits per heavy atom. The summed E-state index contributed by atoms with van der Waals surface area (Å²) in [6.07, 6.45) is 1.50. The molecular formula is C9H15NO5. The molecule has 0 rings (SSSR count). The fraction of sp³-hybridized carbons (Fsp3) is 0.667. The Labute approximate surface area is 87.0 Å². The predicted octanol–water partition coefficient (Wildman–Crippen LogP) is 0.343. The average molecular weight is 217 g/mol. The minimum Gasteiger partial charge on any atom is -0.479 e. The van der Waals surface area contributed by atoms with Crippen molar-refractivity contribution in [3.63, 3.8) is 0 Å². The zero-order valence-corrected chi connectivity index (χ0v) is 8.43. The number of carboxylic acids is 2. The summed E-state index contributed by atoms with van der Waals surface area (Å²) in [6, 6.07) is 0. The highest BCUT2D eigenvalue weighted by Crippen LogP contribution is 2.18. The number of rotatable bonds is 7. The zero-order valence-electron chi connectivity index (χ0n) is 8.43. The molecule has 0 saturated carbocycles. The minimum atomic E-state index is -2.74. The molecule has 1 atom stereocenters. The molecule has 0 spiro atoms. The molecule has 0 aromatic rings. The topological polar surface area (TPSA) is 119 Å². The third kappa shape index (κ3) is 3.32. The fourth-order valence-electron chi connectivity index (χ4n) is 1.10. The van der Waals surface area contributed by atoms with Gasteiger partial charge >= 0.3 is 11.9 Å². The summed E-state index contributed by atoms with van der Waals surface area (Å²) in [5.74, 6) is -3.74. The number of nitrogens with one attached hydrogen (secondary N) is 1. The lowest BCUT2D eigenvalue weighted by Gasteiger charge is -2.19. The first kappa shape index (κ1) is 13.6. The number of aliphatic hydroxyl groups is 1. The average Bonchev–Trinajstić information content (AvgIpc) is 2.18. The van der Waals surface area contributed by atoms with Crippen molar-refractivity contribution in [2.45, 2.75) is 31.8 Å². The SMILES string of the molecule is CC[C@H](C=N)CCC(O)(C(=O)O)C(=O)O. The molecule has 0 bridgehead atoms. The van der Waals surface area contributed by atoms with Crippen LogP contribution in [0.25, 0.3) is 0 Å². The molecule has 0 aliphatic rings. The molecule has 0 aliphatic carbocycles. The van der Waals surface area contributed by atoms with Crippen LogP contribution in [0.2, 0.25) is 0 Å². The van der Waals surface area contributed by atoms with Gasteiger partial charge in [0.2, 0.25) is 0 Å². The molecule has 0 aromatic carbocycles. The third-order valence-corrected chi connectivity index (χ3v) is 2.34. The van der Waals surface area contributed by atoms with Crippen LogP contribution >= 0.6 is 0 Å². The Morgan fingerprint density at radius 3 is 2.13 bits per heavy atom. The Kier molecular flexibility index (Phi) is 4.93. The van der Waals surface area contributed by atoms with Gasteiger partial charge in [-0.25, -0.2) is 9.59 Å². The first-order valence-corrected chi connectivity index (χ1v) is 4.58. The summed E-state index contributed by atoms with van der Waals surface area (Å²) in [7, 11) is 0. The highest BCUT2D eigenvalue weighted by Gasteiger charge is 2.44. The molecular weight excluding hydrogens is 202 g/mol. The lowest BCUT2D eigenvalue weighted by atomic mass is 9.91. The highest BCUT2D eigenvalue weighted by molar-refractivity contribution is 6.01. The number of hydrogen-bond acceptors (Lipinski definition) is 4. The zero-order chi connectivity index (χ0) is 12.1. The molecule has 0 saturated heterocycles. The fourth-order valence-corrected chi connectivity index (χ4v) is 1.10. The van der Waals surface area contributed by atoms with E-state index in [2.05, 4.69) is 0 Å². The number of aliphatic carboxylic acids is 2. The number of carbonyl (C=O) groups is 2. The van der Waals surface area contributed by atoms with Gasteiger partial charge in [-0.05, 0) is 31.4 Å². The molecule has 0 fully saturated rings. The second kappa shape index (κ2) is 5.45. The van der Waals surface area contributed by atoms with Crippen molar-refractivity contribution in [3.8, 4) is 0 Å². The molecule has 0 radical (unpaired) electrons. The van der Waals surface area contributed by atoms with Crippen molar-refractivity contribution in [2.75, 3.05) is 0 Å². The predicted molar refractivity (Wildman–Crippen MR) is 52.0 cm³/mol. The monoisotopic (exact) mass is 217 g/mol. The van der Waals surface area contributed by atoms with E-state index in [4.69, 9.17) is 15.6 Å². The van der Waals surface area contributed by atoms with E-state index in [1.54, 1.807) is 6.92 Å². The largest absolute Gasteiger partial charge is 0.479 e. The van der Waals surface area contributed by atoms with Crippen LogP contribution < -0.4 is 0 Å². The van der Waals surface area contributed by atoms with Gasteiger partial charge in [-0.1, -0.05) is 6.92 Å². The van der Waals surface area contributed by atoms with Gasteiger partial charge in [-0.3, -0.25) is 0 Å². The Balaban J connectivity index is 4.51. The van der Waals surface area contributed by atoms with E-state index in [0.29, 0.717) is 6.42 Å². The molecule has 15 heavy (non-hydrogen) atoms. The van der Waals surface area contributed by atoms with E-state index < -0.39 is 24.0 Å². The smallest absolute Gasteiger partial charge is 0.347 e. The Hall–Kier alpha value is -1.43. The third-order valence-electron chi connectivity index (χ3n) is 2.34. The maximum absolute atomic E-state index is 10.6. The van der Waals surface area contributed by atoms with E-state index in [-0.39, 0.29) is 12.3 Å². The van der Waals surface area contributed by atoms with Crippen molar-refractivity contribution in [2.24, 2.45) is 5.92 Å². The van der Waals surface area contributed by atoms with Crippen LogP contribution in [0.3, 0.4) is 0 Å². The van der Waals surface area contributed by atoms with Crippen molar-refractivity contribution in [3.05, 3.63) is 0 Å². The molecule has 6 nitrogen and oxygen atoms in total. The van der Waals surface area contributed by atoms with Gasteiger partial charge in [-0.2, -0.15) is 0 Å². The Bertz CT molecular complexity index is 249. The van der Waals surface area contributed by atoms with Gasteiger partial charge in [0, 0.05) is 0 Å². The van der Waals surface area contributed by atoms with Crippen LogP contribution in [-0.2, 0) is 9.59 Å². The van der Waals surface area contributed by atoms with Crippen molar-refractivity contribution in [1.29, 1.82) is 5.41 Å². The lowest BCUT2D eigenvalue weighted by molar-refractivity contribution is -0.176. The summed E-state index contributed by atoms with van der Waals surface area (Å²) in [5.41, 5.74) is -2.74. The lowest BCUT2D eigenvalue weighted by Crippen LogP contribution is -2.46. The number of carboxylic acid groups (broad SMARTS) is 2. The van der Waals surface area contributed by atoms with Crippen LogP contribution in [0.15, 0.2) is 0 Å². The molecule has 0 amide bonds. The molecule has 0 unspecified atom stereocenters. The maximum Gasteiger partial charge on any atom is 0.347 e. The van der Waals surface area contributed by atoms with Crippen LogP contribution in [0.4, 0.5) is 0 Å². The van der Waals surface area contributed by atoms with Gasteiger partial charge in [0.1, 0.15) is 0 Å². The summed E-state index contributed by atoms with van der Waals surface area (Å²) in [5, 5.41) is 33.5. The second-order valence-corrected chi connectivity index (χ2v) is 3.34. The van der Waals surface area contributed by atoms with Gasteiger partial charge in [0.15, 0.2) is 0 Å². The van der Waals surface area contributed by atoms with Crippen molar-refractivity contribution >= 4 is 18.2 Å². The minimum absolute atomic E-state index is 0.162. The van der Waals surface area contributed by atoms with Gasteiger partial charge in [0.05, 0.1) is 0 Å². The van der Waals surface area contributed by atoms with Crippen LogP contribution in [0, 0.1) is 11.3 Å². The van der Waals surface area contributed by atoms with E-state index in [0.717, 1.165) is 6.21 Å². The van der Waals surface area contributed by atoms with E-state index in [9.17, 15) is 14.7 Å². The highest BCUT2D eigenvalue weighted by atomic mass is 16.4. The molecule has 86 valence electrons. The summed E-state index contributed by atoms with van der Waals surface area (Å²) >= 11 is 0. The summed E-state index contributed by atoms with van der Waals surface area (Å²) in [6.45, 7) is 1.80. The first-order chi connectivity index (χ1) is 6.88. The van der Waals surface area contributed by atoms with E-state index in [1.165, 1.54) is 0 Å². The van der Waals surface area contributed by atoms with Gasteiger partial charge in [0.25, 0.3) is 5.60 Å². The Morgan fingerprint density at radius 1 is 1.40 bits per heavy atom. The maximum atomic E-state index is 10.6. The van der Waals surface area contributed by atoms with E-state index in [1.807, 2.05) is 0 Å². The molecule has 4 N–H and O–H groups in total. The first-order valence-electron chi connectivity index (χ1n) is 4.58. The number of hydrogen-bond donors (Lipinski definition) is 4. The van der Waals surface area contributed by atoms with Crippen LogP contribution in [0.1, 0.15) is 26.2 Å². The van der Waals surface area contributed by atoms with Crippen LogP contribution in [-0.4, -0.2) is 39.1 Å². The van der Waals surface area contributed by atoms with Gasteiger partial charge in [-0.15, -0.1) is 0 Å². The summed E-state index contributed by atoms with van der Waals surface area (Å²) in [4.78, 5) is 21.1. The normalized spacial score (nSPS) is 13.2. The molecule has 6 heteroatoms. The molecule has 0 heterocycles. The van der Waals surface area contributed by atoms with Crippen molar-refractivity contribution in [1.82, 2.24) is 0 Å². The molecule has 0 aliphatic heterocycles. The van der Waals surface area contributed by atoms with E-state index >= 15 is 0 Å². The second-order valence-electron chi connectivity index (χ2n) is 3.34. The quantitative estimate of drug-likeness (QED) is 0.362. The standard InChI is InChI=1S/C9H15NO5/c1-2-6(5-10)3-4-9(15,7(11)12)8(13)14/h5-6,10,15H,2-4H2,1H3,(H,11,12)(H,13,14)/t6-/m0/s1. The van der Waals surface area contributed by atoms with Crippen molar-refractivity contribution < 1.29 is 24.9 Å².